The van der Waals surface area contributed by atoms with E-state index in [1.165, 1.54) is 11.8 Å². The molecular weight excluding hydrogens is 372 g/mol. The van der Waals surface area contributed by atoms with E-state index in [-0.39, 0.29) is 11.8 Å². The highest BCUT2D eigenvalue weighted by molar-refractivity contribution is 5.93. The van der Waals surface area contributed by atoms with Crippen molar-refractivity contribution in [1.29, 1.82) is 0 Å². The number of hydrogen-bond acceptors (Lipinski definition) is 6. The summed E-state index contributed by atoms with van der Waals surface area (Å²) in [4.78, 5) is 57.4. The van der Waals surface area contributed by atoms with Crippen LogP contribution in [-0.4, -0.2) is 76.0 Å². The summed E-state index contributed by atoms with van der Waals surface area (Å²) in [5.41, 5.74) is 5.75. The normalized spacial score (nSPS) is 17.8. The lowest BCUT2D eigenvalue weighted by Crippen LogP contribution is -2.55. The molecule has 1 rings (SSSR count). The molecule has 1 aliphatic rings. The van der Waals surface area contributed by atoms with E-state index in [0.29, 0.717) is 19.4 Å². The summed E-state index contributed by atoms with van der Waals surface area (Å²) in [6.45, 7) is 6.13. The average molecular weight is 402 g/mol. The van der Waals surface area contributed by atoms with Crippen LogP contribution >= 0.6 is 0 Å². The number of hydrogen-bond donors (Lipinski definition) is 5. The van der Waals surface area contributed by atoms with Gasteiger partial charge in [-0.15, -0.1) is 0 Å². The van der Waals surface area contributed by atoms with Crippen LogP contribution in [0.3, 0.4) is 0 Å². The second-order valence-corrected chi connectivity index (χ2v) is 6.82. The smallest absolute Gasteiger partial charge is 0.322 e. The molecule has 28 heavy (non-hydrogen) atoms. The molecule has 1 saturated heterocycles. The molecule has 1 heterocycles. The molecule has 0 aromatic carbocycles. The minimum atomic E-state index is -1.15. The lowest BCUT2D eigenvalue weighted by molar-refractivity contribution is -0.142. The van der Waals surface area contributed by atoms with Gasteiger partial charge in [0, 0.05) is 13.5 Å². The summed E-state index contributed by atoms with van der Waals surface area (Å²) < 4.78 is 0. The van der Waals surface area contributed by atoms with Gasteiger partial charge in [-0.05, 0) is 25.7 Å². The Labute approximate surface area is 163 Å². The Hall–Kier alpha value is -2.69. The number of nitrogens with two attached hydrogens (primary N) is 1. The molecular formula is C17H30N4O7. The first-order chi connectivity index (χ1) is 12.9. The average Bonchev–Trinajstić information content (AvgIpc) is 3.07. The van der Waals surface area contributed by atoms with E-state index in [2.05, 4.69) is 10.6 Å². The fraction of sp³-hybridized carbons (Fsp3) is 0.706. The Balaban J connectivity index is 0.00000165. The van der Waals surface area contributed by atoms with Gasteiger partial charge in [-0.3, -0.25) is 24.0 Å². The van der Waals surface area contributed by atoms with Crippen molar-refractivity contribution in [2.24, 2.45) is 11.7 Å². The van der Waals surface area contributed by atoms with Crippen LogP contribution in [0.25, 0.3) is 0 Å². The molecule has 160 valence electrons. The Morgan fingerprint density at radius 1 is 1.14 bits per heavy atom. The lowest BCUT2D eigenvalue weighted by atomic mass is 10.0. The highest BCUT2D eigenvalue weighted by atomic mass is 16.4. The van der Waals surface area contributed by atoms with E-state index in [9.17, 15) is 19.2 Å². The summed E-state index contributed by atoms with van der Waals surface area (Å²) in [6, 6.07) is -2.24. The van der Waals surface area contributed by atoms with Crippen molar-refractivity contribution in [3.8, 4) is 0 Å². The quantitative estimate of drug-likeness (QED) is 0.350. The van der Waals surface area contributed by atoms with Crippen molar-refractivity contribution in [1.82, 2.24) is 15.5 Å². The molecule has 0 unspecified atom stereocenters. The van der Waals surface area contributed by atoms with E-state index < -0.39 is 48.4 Å². The number of nitrogens with zero attached hydrogens (tertiary/aromatic N) is 1. The van der Waals surface area contributed by atoms with Gasteiger partial charge >= 0.3 is 5.97 Å². The van der Waals surface area contributed by atoms with Crippen LogP contribution in [0.2, 0.25) is 0 Å². The zero-order valence-electron chi connectivity index (χ0n) is 16.6. The Morgan fingerprint density at radius 2 is 1.68 bits per heavy atom. The van der Waals surface area contributed by atoms with Gasteiger partial charge in [-0.1, -0.05) is 13.8 Å². The summed E-state index contributed by atoms with van der Waals surface area (Å²) in [6.07, 6.45) is 1.10. The Bertz CT molecular complexity index is 590. The van der Waals surface area contributed by atoms with Gasteiger partial charge in [-0.2, -0.15) is 0 Å². The van der Waals surface area contributed by atoms with Gasteiger partial charge in [0.2, 0.25) is 17.7 Å². The highest BCUT2D eigenvalue weighted by Gasteiger charge is 2.36. The van der Waals surface area contributed by atoms with E-state index in [1.54, 1.807) is 13.8 Å². The summed E-state index contributed by atoms with van der Waals surface area (Å²) >= 11 is 0. The van der Waals surface area contributed by atoms with Crippen molar-refractivity contribution in [2.75, 3.05) is 13.1 Å². The number of amides is 3. The predicted molar refractivity (Wildman–Crippen MR) is 99.1 cm³/mol. The molecule has 11 nitrogen and oxygen atoms in total. The molecule has 0 radical (unpaired) electrons. The number of carboxylic acid groups (broad SMARTS) is 2. The number of carboxylic acids is 2. The predicted octanol–water partition coefficient (Wildman–Crippen LogP) is -1.24. The van der Waals surface area contributed by atoms with E-state index in [4.69, 9.17) is 20.7 Å². The second kappa shape index (κ2) is 11.9. The van der Waals surface area contributed by atoms with Gasteiger partial charge in [0.1, 0.15) is 18.6 Å². The third kappa shape index (κ3) is 8.80. The largest absolute Gasteiger partial charge is 0.481 e. The van der Waals surface area contributed by atoms with Gasteiger partial charge in [-0.25, -0.2) is 0 Å². The summed E-state index contributed by atoms with van der Waals surface area (Å²) in [7, 11) is 0. The first-order valence-electron chi connectivity index (χ1n) is 8.93. The molecule has 3 amide bonds. The number of carbonyl (C=O) groups excluding carboxylic acids is 3. The molecule has 1 fully saturated rings. The van der Waals surface area contributed by atoms with Crippen LogP contribution in [0.1, 0.15) is 40.5 Å². The lowest BCUT2D eigenvalue weighted by Gasteiger charge is -2.27. The van der Waals surface area contributed by atoms with Crippen LogP contribution in [0.15, 0.2) is 0 Å². The summed E-state index contributed by atoms with van der Waals surface area (Å²) in [5, 5.41) is 20.9. The molecule has 0 aliphatic carbocycles. The van der Waals surface area contributed by atoms with Crippen molar-refractivity contribution < 1.29 is 34.2 Å². The maximum atomic E-state index is 12.5. The molecule has 1 aliphatic heterocycles. The number of likely N-dealkylation sites (tertiary alicyclic amines) is 1. The van der Waals surface area contributed by atoms with Crippen LogP contribution < -0.4 is 16.4 Å². The van der Waals surface area contributed by atoms with Gasteiger partial charge in [0.15, 0.2) is 0 Å². The first-order valence-corrected chi connectivity index (χ1v) is 8.93. The fourth-order valence-corrected chi connectivity index (χ4v) is 2.51. The molecule has 0 aromatic heterocycles. The number of carbonyl (C=O) groups is 5. The number of rotatable bonds is 7. The van der Waals surface area contributed by atoms with Crippen LogP contribution in [0.5, 0.6) is 0 Å². The SMILES string of the molecule is CC(=O)O.CC(C)[C@H](N)C(=O)N[C@@H](C)C(=O)N1CCC[C@H]1C(=O)NCC(=O)O. The Morgan fingerprint density at radius 3 is 2.14 bits per heavy atom. The third-order valence-corrected chi connectivity index (χ3v) is 4.00. The number of nitrogens with one attached hydrogen (secondary N) is 2. The maximum absolute atomic E-state index is 12.5. The Kier molecular flexibility index (Phi) is 10.8. The van der Waals surface area contributed by atoms with Crippen LogP contribution in [0, 0.1) is 5.92 Å². The zero-order valence-corrected chi connectivity index (χ0v) is 16.6. The van der Waals surface area contributed by atoms with Crippen LogP contribution in [0.4, 0.5) is 0 Å². The van der Waals surface area contributed by atoms with E-state index >= 15 is 0 Å². The molecule has 0 saturated carbocycles. The van der Waals surface area contributed by atoms with Gasteiger partial charge < -0.3 is 31.5 Å². The topological polar surface area (TPSA) is 179 Å². The standard InChI is InChI=1S/C15H26N4O5.C2H4O2/c1-8(2)12(16)14(23)18-9(3)15(24)19-6-4-5-10(19)13(22)17-7-11(20)21;1-2(3)4/h8-10,12H,4-7,16H2,1-3H3,(H,17,22)(H,18,23)(H,20,21);1H3,(H,3,4)/t9-,10-,12-;/m0./s1. The molecule has 0 spiro atoms. The molecule has 11 heteroatoms. The maximum Gasteiger partial charge on any atom is 0.322 e. The van der Waals surface area contributed by atoms with Crippen molar-refractivity contribution in [3.63, 3.8) is 0 Å². The first kappa shape index (κ1) is 25.3. The third-order valence-electron chi connectivity index (χ3n) is 4.00. The minimum Gasteiger partial charge on any atom is -0.481 e. The van der Waals surface area contributed by atoms with E-state index in [0.717, 1.165) is 6.92 Å². The zero-order chi connectivity index (χ0) is 22.0. The fourth-order valence-electron chi connectivity index (χ4n) is 2.51. The minimum absolute atomic E-state index is 0.0615. The molecule has 3 atom stereocenters. The highest BCUT2D eigenvalue weighted by Crippen LogP contribution is 2.18. The molecule has 6 N–H and O–H groups in total. The van der Waals surface area contributed by atoms with Crippen molar-refractivity contribution in [3.05, 3.63) is 0 Å². The van der Waals surface area contributed by atoms with Gasteiger partial charge in [0.05, 0.1) is 6.04 Å². The molecule has 0 bridgehead atoms. The number of aliphatic carboxylic acids is 2. The van der Waals surface area contributed by atoms with Crippen LogP contribution in [-0.2, 0) is 24.0 Å². The van der Waals surface area contributed by atoms with E-state index in [1.807, 2.05) is 0 Å². The molecule has 0 aromatic rings. The summed E-state index contributed by atoms with van der Waals surface area (Å²) in [5.74, 6) is -3.35. The van der Waals surface area contributed by atoms with Crippen molar-refractivity contribution >= 4 is 29.7 Å². The monoisotopic (exact) mass is 402 g/mol. The second-order valence-electron chi connectivity index (χ2n) is 6.82. The van der Waals surface area contributed by atoms with Gasteiger partial charge in [0.25, 0.3) is 5.97 Å². The van der Waals surface area contributed by atoms with Crippen molar-refractivity contribution in [2.45, 2.75) is 58.7 Å².